The Labute approximate surface area is 127 Å². The molecule has 2 rings (SSSR count). The second-order valence-electron chi connectivity index (χ2n) is 5.06. The van der Waals surface area contributed by atoms with Crippen molar-refractivity contribution in [2.45, 2.75) is 37.6 Å². The minimum Gasteiger partial charge on any atom is -0.315 e. The van der Waals surface area contributed by atoms with Crippen LogP contribution in [0.3, 0.4) is 0 Å². The van der Waals surface area contributed by atoms with Crippen LogP contribution in [0.15, 0.2) is 14.7 Å². The summed E-state index contributed by atoms with van der Waals surface area (Å²) >= 11 is 4.80. The van der Waals surface area contributed by atoms with Crippen LogP contribution in [0.25, 0.3) is 0 Å². The molecule has 0 aliphatic heterocycles. The molecule has 0 aromatic carbocycles. The molecule has 108 valence electrons. The Morgan fingerprint density at radius 1 is 1.47 bits per heavy atom. The smallest absolute Gasteiger partial charge is 0.242 e. The van der Waals surface area contributed by atoms with E-state index in [1.165, 1.54) is 11.3 Å². The van der Waals surface area contributed by atoms with Crippen molar-refractivity contribution in [3.05, 3.63) is 14.7 Å². The molecule has 1 aromatic rings. The molecule has 4 nitrogen and oxygen atoms in total. The number of rotatable bonds is 7. The first kappa shape index (κ1) is 15.4. The Morgan fingerprint density at radius 2 is 2.16 bits per heavy atom. The monoisotopic (exact) mass is 366 g/mol. The van der Waals surface area contributed by atoms with Gasteiger partial charge in [0.2, 0.25) is 10.0 Å². The molecule has 1 saturated carbocycles. The van der Waals surface area contributed by atoms with Crippen molar-refractivity contribution in [3.63, 3.8) is 0 Å². The largest absolute Gasteiger partial charge is 0.315 e. The zero-order chi connectivity index (χ0) is 14.1. The van der Waals surface area contributed by atoms with Gasteiger partial charge in [0.05, 0.1) is 3.79 Å². The van der Waals surface area contributed by atoms with Crippen LogP contribution in [0.5, 0.6) is 0 Å². The molecule has 1 aliphatic carbocycles. The molecule has 0 atom stereocenters. The van der Waals surface area contributed by atoms with Gasteiger partial charge in [-0.05, 0) is 53.7 Å². The third-order valence-electron chi connectivity index (χ3n) is 3.69. The van der Waals surface area contributed by atoms with Gasteiger partial charge in [0, 0.05) is 18.0 Å². The molecular weight excluding hydrogens is 348 g/mol. The fourth-order valence-electron chi connectivity index (χ4n) is 2.00. The Balaban J connectivity index is 2.10. The topological polar surface area (TPSA) is 58.2 Å². The average molecular weight is 367 g/mol. The molecule has 0 unspecified atom stereocenters. The predicted octanol–water partition coefficient (Wildman–Crippen LogP) is 2.70. The first-order chi connectivity index (χ1) is 8.92. The number of sulfonamides is 1. The summed E-state index contributed by atoms with van der Waals surface area (Å²) in [4.78, 5) is 1.36. The van der Waals surface area contributed by atoms with Gasteiger partial charge >= 0.3 is 0 Å². The molecule has 0 amide bonds. The molecule has 19 heavy (non-hydrogen) atoms. The molecule has 1 aromatic heterocycles. The summed E-state index contributed by atoms with van der Waals surface area (Å²) in [5.74, 6) is 0. The second-order valence-corrected chi connectivity index (χ2v) is 9.25. The first-order valence-corrected chi connectivity index (χ1v) is 9.44. The van der Waals surface area contributed by atoms with Crippen molar-refractivity contribution < 1.29 is 8.42 Å². The van der Waals surface area contributed by atoms with E-state index >= 15 is 0 Å². The fourth-order valence-corrected chi connectivity index (χ4v) is 5.85. The van der Waals surface area contributed by atoms with Gasteiger partial charge in [-0.25, -0.2) is 13.1 Å². The summed E-state index contributed by atoms with van der Waals surface area (Å²) in [7, 11) is -1.56. The van der Waals surface area contributed by atoms with Crippen LogP contribution < -0.4 is 10.0 Å². The summed E-state index contributed by atoms with van der Waals surface area (Å²) in [5.41, 5.74) is 0.212. The van der Waals surface area contributed by atoms with E-state index in [9.17, 15) is 8.42 Å². The lowest BCUT2D eigenvalue weighted by atomic mass is 10.1. The molecule has 0 bridgehead atoms. The third kappa shape index (κ3) is 3.58. The zero-order valence-corrected chi connectivity index (χ0v) is 14.3. The van der Waals surface area contributed by atoms with Gasteiger partial charge in [-0.2, -0.15) is 0 Å². The summed E-state index contributed by atoms with van der Waals surface area (Å²) in [6.07, 6.45) is 3.29. The van der Waals surface area contributed by atoms with Gasteiger partial charge in [-0.1, -0.05) is 6.92 Å². The van der Waals surface area contributed by atoms with Gasteiger partial charge in [-0.15, -0.1) is 11.3 Å². The molecule has 7 heteroatoms. The summed E-state index contributed by atoms with van der Waals surface area (Å²) in [6, 6.07) is 1.74. The highest BCUT2D eigenvalue weighted by Crippen LogP contribution is 2.48. The van der Waals surface area contributed by atoms with Crippen molar-refractivity contribution in [2.75, 3.05) is 13.6 Å². The van der Waals surface area contributed by atoms with Crippen LogP contribution in [-0.4, -0.2) is 22.0 Å². The minimum atomic E-state index is -3.41. The highest BCUT2D eigenvalue weighted by molar-refractivity contribution is 9.11. The average Bonchev–Trinajstić information content (AvgIpc) is 3.05. The lowest BCUT2D eigenvalue weighted by Gasteiger charge is -2.13. The van der Waals surface area contributed by atoms with E-state index in [4.69, 9.17) is 0 Å². The summed E-state index contributed by atoms with van der Waals surface area (Å²) in [5, 5.41) is 3.03. The second kappa shape index (κ2) is 5.81. The quantitative estimate of drug-likeness (QED) is 0.779. The van der Waals surface area contributed by atoms with Gasteiger partial charge in [-0.3, -0.25) is 0 Å². The molecule has 1 aliphatic rings. The van der Waals surface area contributed by atoms with Gasteiger partial charge in [0.15, 0.2) is 0 Å². The molecule has 2 N–H and O–H groups in total. The van der Waals surface area contributed by atoms with E-state index in [0.29, 0.717) is 21.8 Å². The minimum absolute atomic E-state index is 0.212. The molecule has 0 saturated heterocycles. The highest BCUT2D eigenvalue weighted by atomic mass is 79.9. The van der Waals surface area contributed by atoms with Crippen LogP contribution in [-0.2, 0) is 16.6 Å². The first-order valence-electron chi connectivity index (χ1n) is 6.35. The van der Waals surface area contributed by atoms with Crippen LogP contribution in [0.1, 0.15) is 31.1 Å². The normalized spacial score (nSPS) is 17.6. The SMILES string of the molecule is CCC1(CNS(=O)(=O)c2cc(CNC)sc2Br)CC1. The lowest BCUT2D eigenvalue weighted by molar-refractivity contribution is 0.475. The Bertz CT molecular complexity index is 550. The predicted molar refractivity (Wildman–Crippen MR) is 81.9 cm³/mol. The Morgan fingerprint density at radius 3 is 2.68 bits per heavy atom. The van der Waals surface area contributed by atoms with Crippen LogP contribution in [0.4, 0.5) is 0 Å². The van der Waals surface area contributed by atoms with Gasteiger partial charge < -0.3 is 5.32 Å². The van der Waals surface area contributed by atoms with E-state index < -0.39 is 10.0 Å². The molecule has 0 radical (unpaired) electrons. The van der Waals surface area contributed by atoms with Crippen molar-refractivity contribution in [1.29, 1.82) is 0 Å². The van der Waals surface area contributed by atoms with Crippen molar-refractivity contribution in [3.8, 4) is 0 Å². The number of halogens is 1. The van der Waals surface area contributed by atoms with E-state index in [0.717, 1.165) is 24.1 Å². The highest BCUT2D eigenvalue weighted by Gasteiger charge is 2.41. The fraction of sp³-hybridized carbons (Fsp3) is 0.667. The summed E-state index contributed by atoms with van der Waals surface area (Å²) in [6.45, 7) is 3.35. The van der Waals surface area contributed by atoms with Crippen LogP contribution in [0, 0.1) is 5.41 Å². The van der Waals surface area contributed by atoms with Crippen molar-refractivity contribution >= 4 is 37.3 Å². The van der Waals surface area contributed by atoms with Crippen molar-refractivity contribution in [2.24, 2.45) is 5.41 Å². The Hall–Kier alpha value is 0.0500. The maximum Gasteiger partial charge on any atom is 0.242 e. The zero-order valence-electron chi connectivity index (χ0n) is 11.1. The molecule has 1 heterocycles. The number of nitrogens with one attached hydrogen (secondary N) is 2. The van der Waals surface area contributed by atoms with Gasteiger partial charge in [0.25, 0.3) is 0 Å². The molecule has 1 fully saturated rings. The van der Waals surface area contributed by atoms with E-state index in [1.807, 2.05) is 7.05 Å². The van der Waals surface area contributed by atoms with Gasteiger partial charge in [0.1, 0.15) is 4.90 Å². The Kier molecular flexibility index (Phi) is 4.72. The third-order valence-corrected chi connectivity index (χ3v) is 7.34. The number of hydrogen-bond acceptors (Lipinski definition) is 4. The van der Waals surface area contributed by atoms with Crippen LogP contribution >= 0.6 is 27.3 Å². The number of hydrogen-bond donors (Lipinski definition) is 2. The maximum atomic E-state index is 12.3. The molecular formula is C12H19BrN2O2S2. The van der Waals surface area contributed by atoms with Crippen LogP contribution in [0.2, 0.25) is 0 Å². The van der Waals surface area contributed by atoms with E-state index in [2.05, 4.69) is 32.9 Å². The lowest BCUT2D eigenvalue weighted by Crippen LogP contribution is -2.30. The molecule has 0 spiro atoms. The summed E-state index contributed by atoms with van der Waals surface area (Å²) < 4.78 is 28.0. The maximum absolute atomic E-state index is 12.3. The standard InChI is InChI=1S/C12H19BrN2O2S2/c1-3-12(4-5-12)8-15-19(16,17)10-6-9(7-14-2)18-11(10)13/h6,14-15H,3-5,7-8H2,1-2H3. The van der Waals surface area contributed by atoms with E-state index in [-0.39, 0.29) is 5.41 Å². The van der Waals surface area contributed by atoms with E-state index in [1.54, 1.807) is 6.07 Å². The number of thiophene rings is 1. The van der Waals surface area contributed by atoms with Crippen molar-refractivity contribution in [1.82, 2.24) is 10.0 Å².